The van der Waals surface area contributed by atoms with Gasteiger partial charge in [0.05, 0.1) is 17.3 Å². The molecule has 0 atom stereocenters. The van der Waals surface area contributed by atoms with Crippen LogP contribution in [0.1, 0.15) is 40.2 Å². The van der Waals surface area contributed by atoms with E-state index in [0.717, 1.165) is 12.1 Å². The van der Waals surface area contributed by atoms with Gasteiger partial charge in [0.1, 0.15) is 0 Å². The van der Waals surface area contributed by atoms with Crippen molar-refractivity contribution in [3.05, 3.63) is 18.0 Å². The predicted octanol–water partition coefficient (Wildman–Crippen LogP) is 2.14. The summed E-state index contributed by atoms with van der Waals surface area (Å²) in [5.74, 6) is 2.71. The van der Waals surface area contributed by atoms with E-state index in [0.29, 0.717) is 0 Å². The van der Waals surface area contributed by atoms with Crippen molar-refractivity contribution in [1.29, 1.82) is 0 Å². The molecule has 0 radical (unpaired) electrons. The fourth-order valence-electron chi connectivity index (χ4n) is 1.19. The van der Waals surface area contributed by atoms with Gasteiger partial charge in [-0.25, -0.2) is 0 Å². The first kappa shape index (κ1) is 12.8. The van der Waals surface area contributed by atoms with E-state index in [4.69, 9.17) is 6.42 Å². The second-order valence-electron chi connectivity index (χ2n) is 5.59. The third-order valence-electron chi connectivity index (χ3n) is 2.42. The van der Waals surface area contributed by atoms with Crippen LogP contribution in [0, 0.1) is 12.3 Å². The minimum Gasteiger partial charge on any atom is -0.297 e. The first-order chi connectivity index (χ1) is 7.24. The molecule has 1 aromatic rings. The van der Waals surface area contributed by atoms with Crippen molar-refractivity contribution in [3.8, 4) is 12.3 Å². The lowest BCUT2D eigenvalue weighted by atomic mass is 10.1. The van der Waals surface area contributed by atoms with Crippen molar-refractivity contribution in [1.82, 2.24) is 15.1 Å². The second-order valence-corrected chi connectivity index (χ2v) is 5.59. The summed E-state index contributed by atoms with van der Waals surface area (Å²) < 4.78 is 1.97. The third-order valence-corrected chi connectivity index (χ3v) is 2.42. The fraction of sp³-hybridized carbons (Fsp3) is 0.615. The molecule has 0 fully saturated rings. The summed E-state index contributed by atoms with van der Waals surface area (Å²) in [6.45, 7) is 11.1. The minimum atomic E-state index is -0.274. The molecule has 0 saturated carbocycles. The quantitative estimate of drug-likeness (QED) is 0.789. The Bertz CT molecular complexity index is 388. The highest BCUT2D eigenvalue weighted by Gasteiger charge is 2.16. The van der Waals surface area contributed by atoms with Gasteiger partial charge in [-0.05, 0) is 34.6 Å². The van der Waals surface area contributed by atoms with Gasteiger partial charge in [0.2, 0.25) is 0 Å². The Labute approximate surface area is 98.2 Å². The van der Waals surface area contributed by atoms with E-state index < -0.39 is 0 Å². The van der Waals surface area contributed by atoms with Gasteiger partial charge in [0, 0.05) is 18.3 Å². The number of aromatic nitrogens is 2. The summed E-state index contributed by atoms with van der Waals surface area (Å²) in [5, 5.41) is 7.64. The molecular weight excluding hydrogens is 198 g/mol. The van der Waals surface area contributed by atoms with Gasteiger partial charge in [-0.1, -0.05) is 5.92 Å². The summed E-state index contributed by atoms with van der Waals surface area (Å²) in [7, 11) is 0. The average molecular weight is 219 g/mol. The molecule has 1 N–H and O–H groups in total. The van der Waals surface area contributed by atoms with E-state index in [1.807, 2.05) is 24.7 Å². The number of nitrogens with one attached hydrogen (secondary N) is 1. The van der Waals surface area contributed by atoms with E-state index in [-0.39, 0.29) is 11.1 Å². The molecule has 88 valence electrons. The summed E-state index contributed by atoms with van der Waals surface area (Å²) in [5.41, 5.74) is 0.905. The summed E-state index contributed by atoms with van der Waals surface area (Å²) in [6, 6.07) is 0. The lowest BCUT2D eigenvalue weighted by Gasteiger charge is -2.20. The molecular formula is C13H21N3. The molecule has 0 bridgehead atoms. The molecule has 0 spiro atoms. The Hall–Kier alpha value is -1.27. The molecule has 1 rings (SSSR count). The second kappa shape index (κ2) is 4.31. The third kappa shape index (κ3) is 3.39. The van der Waals surface area contributed by atoms with Crippen LogP contribution >= 0.6 is 0 Å². The smallest absolute Gasteiger partial charge is 0.0743 e. The topological polar surface area (TPSA) is 29.9 Å². The molecule has 3 heteroatoms. The highest BCUT2D eigenvalue weighted by Crippen LogP contribution is 2.13. The molecule has 0 aliphatic heterocycles. The monoisotopic (exact) mass is 219 g/mol. The van der Waals surface area contributed by atoms with E-state index in [9.17, 15) is 0 Å². The van der Waals surface area contributed by atoms with Crippen LogP contribution in [-0.2, 0) is 12.1 Å². The van der Waals surface area contributed by atoms with Gasteiger partial charge >= 0.3 is 0 Å². The standard InChI is InChI=1S/C13H21N3/c1-7-13(5,6)14-8-11-9-15-16(10-11)12(2,3)4/h1,9-10,14H,8H2,2-6H3. The maximum Gasteiger partial charge on any atom is 0.0743 e. The van der Waals surface area contributed by atoms with Crippen LogP contribution in [0.15, 0.2) is 12.4 Å². The van der Waals surface area contributed by atoms with E-state index in [1.54, 1.807) is 0 Å². The molecule has 0 aliphatic carbocycles. The molecule has 3 nitrogen and oxygen atoms in total. The number of nitrogens with zero attached hydrogens (tertiary/aromatic N) is 2. The molecule has 0 unspecified atom stereocenters. The SMILES string of the molecule is C#CC(C)(C)NCc1cnn(C(C)(C)C)c1. The largest absolute Gasteiger partial charge is 0.297 e. The highest BCUT2D eigenvalue weighted by molar-refractivity contribution is 5.11. The van der Waals surface area contributed by atoms with E-state index in [2.05, 4.69) is 43.3 Å². The summed E-state index contributed by atoms with van der Waals surface area (Å²) in [4.78, 5) is 0. The lowest BCUT2D eigenvalue weighted by Crippen LogP contribution is -2.36. The van der Waals surface area contributed by atoms with Crippen molar-refractivity contribution < 1.29 is 0 Å². The summed E-state index contributed by atoms with van der Waals surface area (Å²) >= 11 is 0. The highest BCUT2D eigenvalue weighted by atomic mass is 15.3. The molecule has 1 heterocycles. The van der Waals surface area contributed by atoms with Crippen molar-refractivity contribution in [2.75, 3.05) is 0 Å². The number of rotatable bonds is 3. The Morgan fingerprint density at radius 1 is 1.38 bits per heavy atom. The number of terminal acetylenes is 1. The Balaban J connectivity index is 2.65. The number of hydrogen-bond acceptors (Lipinski definition) is 2. The van der Waals surface area contributed by atoms with Crippen molar-refractivity contribution in [2.45, 2.75) is 52.2 Å². The molecule has 0 saturated heterocycles. The fourth-order valence-corrected chi connectivity index (χ4v) is 1.19. The van der Waals surface area contributed by atoms with Crippen LogP contribution in [-0.4, -0.2) is 15.3 Å². The molecule has 16 heavy (non-hydrogen) atoms. The molecule has 1 aromatic heterocycles. The predicted molar refractivity (Wildman–Crippen MR) is 67.0 cm³/mol. The van der Waals surface area contributed by atoms with Crippen LogP contribution in [0.25, 0.3) is 0 Å². The van der Waals surface area contributed by atoms with Gasteiger partial charge in [0.25, 0.3) is 0 Å². The minimum absolute atomic E-state index is 0.0277. The van der Waals surface area contributed by atoms with Gasteiger partial charge in [-0.2, -0.15) is 5.10 Å². The average Bonchev–Trinajstić information content (AvgIpc) is 2.63. The zero-order valence-corrected chi connectivity index (χ0v) is 10.8. The van der Waals surface area contributed by atoms with Gasteiger partial charge in [-0.3, -0.25) is 10.00 Å². The Morgan fingerprint density at radius 2 is 2.00 bits per heavy atom. The Kier molecular flexibility index (Phi) is 3.44. The first-order valence-electron chi connectivity index (χ1n) is 5.51. The van der Waals surface area contributed by atoms with Gasteiger partial charge < -0.3 is 0 Å². The number of hydrogen-bond donors (Lipinski definition) is 1. The summed E-state index contributed by atoms with van der Waals surface area (Å²) in [6.07, 6.45) is 9.35. The van der Waals surface area contributed by atoms with Crippen molar-refractivity contribution in [2.24, 2.45) is 0 Å². The molecule has 0 aromatic carbocycles. The molecule has 0 aliphatic rings. The lowest BCUT2D eigenvalue weighted by molar-refractivity contribution is 0.355. The van der Waals surface area contributed by atoms with Crippen molar-refractivity contribution >= 4 is 0 Å². The zero-order valence-electron chi connectivity index (χ0n) is 10.8. The van der Waals surface area contributed by atoms with Crippen molar-refractivity contribution in [3.63, 3.8) is 0 Å². The first-order valence-corrected chi connectivity index (χ1v) is 5.51. The van der Waals surface area contributed by atoms with Crippen LogP contribution < -0.4 is 5.32 Å². The van der Waals surface area contributed by atoms with E-state index >= 15 is 0 Å². The van der Waals surface area contributed by atoms with Crippen LogP contribution in [0.2, 0.25) is 0 Å². The molecule has 0 amide bonds. The Morgan fingerprint density at radius 3 is 2.44 bits per heavy atom. The zero-order chi connectivity index (χ0) is 12.4. The normalized spacial score (nSPS) is 12.5. The van der Waals surface area contributed by atoms with Gasteiger partial charge in [-0.15, -0.1) is 6.42 Å². The van der Waals surface area contributed by atoms with Gasteiger partial charge in [0.15, 0.2) is 0 Å². The van der Waals surface area contributed by atoms with Crippen LogP contribution in [0.3, 0.4) is 0 Å². The van der Waals surface area contributed by atoms with Crippen LogP contribution in [0.5, 0.6) is 0 Å². The van der Waals surface area contributed by atoms with E-state index in [1.165, 1.54) is 0 Å². The maximum absolute atomic E-state index is 5.41. The maximum atomic E-state index is 5.41. The van der Waals surface area contributed by atoms with Crippen LogP contribution in [0.4, 0.5) is 0 Å².